The van der Waals surface area contributed by atoms with Gasteiger partial charge in [0, 0.05) is 37.9 Å². The summed E-state index contributed by atoms with van der Waals surface area (Å²) in [6, 6.07) is 7.22. The fourth-order valence-corrected chi connectivity index (χ4v) is 4.76. The van der Waals surface area contributed by atoms with Gasteiger partial charge in [-0.25, -0.2) is 8.42 Å². The number of rotatable bonds is 7. The van der Waals surface area contributed by atoms with Gasteiger partial charge in [0.1, 0.15) is 0 Å². The molecule has 138 valence electrons. The van der Waals surface area contributed by atoms with Crippen molar-refractivity contribution in [2.24, 2.45) is 0 Å². The number of halogens is 1. The van der Waals surface area contributed by atoms with Crippen LogP contribution in [0.15, 0.2) is 30.3 Å². The number of benzene rings is 1. The Labute approximate surface area is 154 Å². The van der Waals surface area contributed by atoms with Crippen molar-refractivity contribution in [3.05, 3.63) is 40.9 Å². The molecule has 0 spiro atoms. The first kappa shape index (κ1) is 19.9. The molecule has 0 aliphatic carbocycles. The van der Waals surface area contributed by atoms with Crippen LogP contribution in [0.5, 0.6) is 0 Å². The molecular formula is C18H24ClNO4S. The minimum Gasteiger partial charge on any atom is -0.385 e. The van der Waals surface area contributed by atoms with Gasteiger partial charge >= 0.3 is 0 Å². The number of hydrogen-bond acceptors (Lipinski definition) is 4. The molecule has 0 bridgehead atoms. The number of piperidine rings is 1. The quantitative estimate of drug-likeness (QED) is 0.534. The van der Waals surface area contributed by atoms with Gasteiger partial charge in [-0.05, 0) is 43.0 Å². The Kier molecular flexibility index (Phi) is 7.47. The van der Waals surface area contributed by atoms with Crippen molar-refractivity contribution >= 4 is 33.4 Å². The molecule has 0 unspecified atom stereocenters. The van der Waals surface area contributed by atoms with Crippen LogP contribution in [0.4, 0.5) is 0 Å². The zero-order valence-corrected chi connectivity index (χ0v) is 15.9. The predicted molar refractivity (Wildman–Crippen MR) is 100 cm³/mol. The van der Waals surface area contributed by atoms with Crippen LogP contribution in [0.2, 0.25) is 5.02 Å². The van der Waals surface area contributed by atoms with Crippen molar-refractivity contribution in [2.75, 3.05) is 32.6 Å². The molecule has 0 saturated carbocycles. The summed E-state index contributed by atoms with van der Waals surface area (Å²) in [5.41, 5.74) is 0.897. The molecule has 1 aromatic rings. The van der Waals surface area contributed by atoms with E-state index in [4.69, 9.17) is 16.3 Å². The van der Waals surface area contributed by atoms with E-state index in [0.29, 0.717) is 44.0 Å². The maximum atomic E-state index is 12.3. The van der Waals surface area contributed by atoms with Crippen LogP contribution in [0, 0.1) is 0 Å². The van der Waals surface area contributed by atoms with Crippen molar-refractivity contribution in [3.8, 4) is 0 Å². The number of sulfone groups is 1. The molecular weight excluding hydrogens is 362 g/mol. The third-order valence-electron chi connectivity index (χ3n) is 4.33. The highest BCUT2D eigenvalue weighted by Crippen LogP contribution is 2.20. The SMILES string of the molecule is COCCCS(=O)(=O)C1CCN(C(=O)/C=C/c2ccc(Cl)cc2)CC1. The van der Waals surface area contributed by atoms with Crippen molar-refractivity contribution < 1.29 is 17.9 Å². The summed E-state index contributed by atoms with van der Waals surface area (Å²) in [5, 5.41) is 0.297. The Balaban J connectivity index is 1.84. The van der Waals surface area contributed by atoms with E-state index in [-0.39, 0.29) is 16.9 Å². The molecule has 1 saturated heterocycles. The number of likely N-dealkylation sites (tertiary alicyclic amines) is 1. The fraction of sp³-hybridized carbons (Fsp3) is 0.500. The lowest BCUT2D eigenvalue weighted by molar-refractivity contribution is -0.126. The molecule has 0 radical (unpaired) electrons. The molecule has 1 amide bonds. The minimum atomic E-state index is -3.11. The summed E-state index contributed by atoms with van der Waals surface area (Å²) >= 11 is 5.83. The summed E-state index contributed by atoms with van der Waals surface area (Å²) < 4.78 is 29.5. The molecule has 7 heteroatoms. The van der Waals surface area contributed by atoms with Crippen LogP contribution in [0.3, 0.4) is 0 Å². The van der Waals surface area contributed by atoms with Crippen molar-refractivity contribution in [1.82, 2.24) is 4.90 Å². The Bertz CT molecular complexity index is 692. The first-order chi connectivity index (χ1) is 11.9. The highest BCUT2D eigenvalue weighted by molar-refractivity contribution is 7.92. The van der Waals surface area contributed by atoms with E-state index in [9.17, 15) is 13.2 Å². The second kappa shape index (κ2) is 9.36. The number of carbonyl (C=O) groups is 1. The van der Waals surface area contributed by atoms with Crippen molar-refractivity contribution in [1.29, 1.82) is 0 Å². The van der Waals surface area contributed by atoms with Crippen LogP contribution in [-0.2, 0) is 19.4 Å². The zero-order chi connectivity index (χ0) is 18.3. The zero-order valence-electron chi connectivity index (χ0n) is 14.4. The average Bonchev–Trinajstić information content (AvgIpc) is 2.61. The van der Waals surface area contributed by atoms with Gasteiger partial charge in [0.05, 0.1) is 11.0 Å². The monoisotopic (exact) mass is 385 g/mol. The van der Waals surface area contributed by atoms with Crippen LogP contribution < -0.4 is 0 Å². The van der Waals surface area contributed by atoms with Gasteiger partial charge in [0.2, 0.25) is 5.91 Å². The molecule has 0 N–H and O–H groups in total. The Morgan fingerprint density at radius 3 is 2.52 bits per heavy atom. The van der Waals surface area contributed by atoms with Gasteiger partial charge in [-0.15, -0.1) is 0 Å². The summed E-state index contributed by atoms with van der Waals surface area (Å²) in [6.07, 6.45) is 4.77. The second-order valence-electron chi connectivity index (χ2n) is 6.12. The third-order valence-corrected chi connectivity index (χ3v) is 6.92. The summed E-state index contributed by atoms with van der Waals surface area (Å²) in [4.78, 5) is 14.0. The van der Waals surface area contributed by atoms with Crippen LogP contribution >= 0.6 is 11.6 Å². The molecule has 1 aromatic carbocycles. The number of carbonyl (C=O) groups excluding carboxylic acids is 1. The molecule has 1 fully saturated rings. The number of methoxy groups -OCH3 is 1. The number of ether oxygens (including phenoxy) is 1. The van der Waals surface area contributed by atoms with Crippen molar-refractivity contribution in [2.45, 2.75) is 24.5 Å². The Morgan fingerprint density at radius 2 is 1.92 bits per heavy atom. The molecule has 0 atom stereocenters. The van der Waals surface area contributed by atoms with Gasteiger partial charge in [0.25, 0.3) is 0 Å². The molecule has 25 heavy (non-hydrogen) atoms. The van der Waals surface area contributed by atoms with Crippen LogP contribution in [-0.4, -0.2) is 57.0 Å². The minimum absolute atomic E-state index is 0.0924. The second-order valence-corrected chi connectivity index (χ2v) is 8.96. The molecule has 5 nitrogen and oxygen atoms in total. The van der Waals surface area contributed by atoms with Crippen molar-refractivity contribution in [3.63, 3.8) is 0 Å². The van der Waals surface area contributed by atoms with Crippen LogP contribution in [0.1, 0.15) is 24.8 Å². The van der Waals surface area contributed by atoms with E-state index in [2.05, 4.69) is 0 Å². The van der Waals surface area contributed by atoms with E-state index >= 15 is 0 Å². The maximum Gasteiger partial charge on any atom is 0.246 e. The van der Waals surface area contributed by atoms with Crippen LogP contribution in [0.25, 0.3) is 6.08 Å². The topological polar surface area (TPSA) is 63.7 Å². The van der Waals surface area contributed by atoms with Gasteiger partial charge in [-0.2, -0.15) is 0 Å². The first-order valence-electron chi connectivity index (χ1n) is 8.35. The van der Waals surface area contributed by atoms with Gasteiger partial charge in [0.15, 0.2) is 9.84 Å². The molecule has 1 heterocycles. The Morgan fingerprint density at radius 1 is 1.28 bits per heavy atom. The molecule has 1 aliphatic rings. The van der Waals surface area contributed by atoms with Gasteiger partial charge < -0.3 is 9.64 Å². The van der Waals surface area contributed by atoms with E-state index in [1.807, 2.05) is 12.1 Å². The molecule has 1 aliphatic heterocycles. The molecule has 2 rings (SSSR count). The number of nitrogens with zero attached hydrogens (tertiary/aromatic N) is 1. The highest BCUT2D eigenvalue weighted by atomic mass is 35.5. The van der Waals surface area contributed by atoms with Gasteiger partial charge in [-0.3, -0.25) is 4.79 Å². The largest absolute Gasteiger partial charge is 0.385 e. The number of amides is 1. The first-order valence-corrected chi connectivity index (χ1v) is 10.4. The van der Waals surface area contributed by atoms with E-state index < -0.39 is 9.84 Å². The number of hydrogen-bond donors (Lipinski definition) is 0. The Hall–Kier alpha value is -1.37. The maximum absolute atomic E-state index is 12.3. The third kappa shape index (κ3) is 6.13. The van der Waals surface area contributed by atoms with E-state index in [0.717, 1.165) is 5.56 Å². The normalized spacial score (nSPS) is 16.5. The summed E-state index contributed by atoms with van der Waals surface area (Å²) in [5.74, 6) is 0.0563. The predicted octanol–water partition coefficient (Wildman–Crippen LogP) is 2.80. The lowest BCUT2D eigenvalue weighted by Crippen LogP contribution is -2.42. The smallest absolute Gasteiger partial charge is 0.246 e. The van der Waals surface area contributed by atoms with Gasteiger partial charge in [-0.1, -0.05) is 23.7 Å². The van der Waals surface area contributed by atoms with E-state index in [1.165, 1.54) is 6.08 Å². The average molecular weight is 386 g/mol. The van der Waals surface area contributed by atoms with E-state index in [1.54, 1.807) is 30.2 Å². The summed E-state index contributed by atoms with van der Waals surface area (Å²) in [6.45, 7) is 1.39. The standard InChI is InChI=1S/C18H24ClNO4S/c1-24-13-2-14-25(22,23)17-9-11-20(12-10-17)18(21)8-5-15-3-6-16(19)7-4-15/h3-8,17H,2,9-14H2,1H3/b8-5+. The fourth-order valence-electron chi connectivity index (χ4n) is 2.85. The lowest BCUT2D eigenvalue weighted by atomic mass is 10.1. The lowest BCUT2D eigenvalue weighted by Gasteiger charge is -2.31. The summed E-state index contributed by atoms with van der Waals surface area (Å²) in [7, 11) is -1.55. The molecule has 0 aromatic heterocycles. The highest BCUT2D eigenvalue weighted by Gasteiger charge is 2.30.